The number of nitrogens with zero attached hydrogens (tertiary/aromatic N) is 4. The minimum atomic E-state index is 0.0937. The second kappa shape index (κ2) is 8.59. The molecule has 3 aromatic rings. The van der Waals surface area contributed by atoms with Crippen molar-refractivity contribution in [1.82, 2.24) is 19.4 Å². The predicted octanol–water partition coefficient (Wildman–Crippen LogP) is 3.85. The van der Waals surface area contributed by atoms with Gasteiger partial charge in [-0.25, -0.2) is 4.98 Å². The van der Waals surface area contributed by atoms with E-state index >= 15 is 0 Å². The average molecular weight is 409 g/mol. The number of fused-ring (bicyclic) bond motifs is 3. The Balaban J connectivity index is 1.59. The molecule has 1 atom stereocenters. The van der Waals surface area contributed by atoms with Crippen LogP contribution in [0.5, 0.6) is 0 Å². The van der Waals surface area contributed by atoms with Crippen LogP contribution < -0.4 is 5.56 Å². The largest absolute Gasteiger partial charge is 0.298 e. The van der Waals surface area contributed by atoms with Crippen molar-refractivity contribution >= 4 is 21.6 Å². The van der Waals surface area contributed by atoms with Crippen LogP contribution in [0.1, 0.15) is 36.4 Å². The van der Waals surface area contributed by atoms with Crippen LogP contribution in [0.4, 0.5) is 0 Å². The molecule has 0 fully saturated rings. The Bertz CT molecular complexity index is 1070. The summed E-state index contributed by atoms with van der Waals surface area (Å²) in [6.07, 6.45) is 7.26. The van der Waals surface area contributed by atoms with E-state index in [1.54, 1.807) is 28.4 Å². The van der Waals surface area contributed by atoms with Crippen LogP contribution in [0.3, 0.4) is 0 Å². The van der Waals surface area contributed by atoms with Gasteiger partial charge in [0.25, 0.3) is 5.56 Å². The number of thiophene rings is 1. The van der Waals surface area contributed by atoms with Crippen LogP contribution in [0.15, 0.2) is 47.7 Å². The van der Waals surface area contributed by atoms with Crippen LogP contribution >= 0.6 is 11.3 Å². The molecule has 29 heavy (non-hydrogen) atoms. The molecule has 5 nitrogen and oxygen atoms in total. The molecule has 3 aromatic heterocycles. The van der Waals surface area contributed by atoms with E-state index in [0.717, 1.165) is 54.7 Å². The van der Waals surface area contributed by atoms with Gasteiger partial charge in [-0.05, 0) is 50.4 Å². The van der Waals surface area contributed by atoms with E-state index in [1.807, 2.05) is 18.2 Å². The predicted molar refractivity (Wildman–Crippen MR) is 120 cm³/mol. The lowest BCUT2D eigenvalue weighted by Gasteiger charge is -2.33. The lowest BCUT2D eigenvalue weighted by molar-refractivity contribution is 0.206. The van der Waals surface area contributed by atoms with E-state index in [4.69, 9.17) is 0 Å². The molecule has 0 spiro atoms. The molecule has 0 radical (unpaired) electrons. The van der Waals surface area contributed by atoms with Crippen LogP contribution in [-0.2, 0) is 25.8 Å². The minimum Gasteiger partial charge on any atom is -0.298 e. The highest BCUT2D eigenvalue weighted by molar-refractivity contribution is 7.18. The van der Waals surface area contributed by atoms with E-state index in [2.05, 4.69) is 35.3 Å². The van der Waals surface area contributed by atoms with Crippen molar-refractivity contribution in [1.29, 1.82) is 0 Å². The van der Waals surface area contributed by atoms with Crippen LogP contribution in [0.25, 0.3) is 10.2 Å². The summed E-state index contributed by atoms with van der Waals surface area (Å²) < 4.78 is 1.75. The Labute approximate surface area is 175 Å². The third-order valence-electron chi connectivity index (χ3n) is 5.74. The van der Waals surface area contributed by atoms with Gasteiger partial charge in [0.2, 0.25) is 0 Å². The molecule has 1 aliphatic rings. The molecule has 6 heteroatoms. The average Bonchev–Trinajstić information content (AvgIpc) is 3.10. The fraction of sp³-hybridized carbons (Fsp3) is 0.435. The van der Waals surface area contributed by atoms with E-state index in [0.29, 0.717) is 12.6 Å². The Kier molecular flexibility index (Phi) is 5.92. The maximum absolute atomic E-state index is 13.2. The molecule has 1 unspecified atom stereocenters. The highest BCUT2D eigenvalue weighted by Gasteiger charge is 2.28. The number of rotatable bonds is 7. The summed E-state index contributed by atoms with van der Waals surface area (Å²) in [5.41, 5.74) is 3.52. The van der Waals surface area contributed by atoms with E-state index < -0.39 is 0 Å². The first-order valence-corrected chi connectivity index (χ1v) is 11.2. The molecule has 0 saturated carbocycles. The van der Waals surface area contributed by atoms with Crippen molar-refractivity contribution in [3.05, 3.63) is 69.4 Å². The summed E-state index contributed by atoms with van der Waals surface area (Å²) in [5, 5.41) is 0.843. The van der Waals surface area contributed by atoms with Crippen LogP contribution in [0, 0.1) is 0 Å². The molecular formula is C23H28N4OS. The van der Waals surface area contributed by atoms with Gasteiger partial charge in [-0.2, -0.15) is 0 Å². The second-order valence-electron chi connectivity index (χ2n) is 7.91. The summed E-state index contributed by atoms with van der Waals surface area (Å²) in [4.78, 5) is 26.9. The van der Waals surface area contributed by atoms with Crippen molar-refractivity contribution in [2.24, 2.45) is 0 Å². The Morgan fingerprint density at radius 1 is 1.38 bits per heavy atom. The molecule has 3 heterocycles. The fourth-order valence-corrected chi connectivity index (χ4v) is 5.53. The van der Waals surface area contributed by atoms with Gasteiger partial charge >= 0.3 is 0 Å². The molecule has 152 valence electrons. The highest BCUT2D eigenvalue weighted by atomic mass is 32.1. The van der Waals surface area contributed by atoms with Gasteiger partial charge in [0.05, 0.1) is 11.7 Å². The van der Waals surface area contributed by atoms with Gasteiger partial charge in [-0.1, -0.05) is 25.1 Å². The standard InChI is InChI=1S/C23H28N4OS/c1-4-26(14-16(2)3)18-8-9-19-20(13-18)29-22-21(19)23(28)27(15-25-22)12-10-17-7-5-6-11-24-17/h5-7,11,15,18H,2,4,8-10,12-14H2,1,3H3. The lowest BCUT2D eigenvalue weighted by atomic mass is 9.92. The zero-order valence-corrected chi connectivity index (χ0v) is 18.0. The molecule has 0 N–H and O–H groups in total. The van der Waals surface area contributed by atoms with Crippen molar-refractivity contribution in [3.63, 3.8) is 0 Å². The molecule has 0 amide bonds. The monoisotopic (exact) mass is 408 g/mol. The first kappa shape index (κ1) is 20.0. The van der Waals surface area contributed by atoms with Gasteiger partial charge in [0, 0.05) is 42.3 Å². The van der Waals surface area contributed by atoms with Crippen LogP contribution in [-0.4, -0.2) is 38.6 Å². The molecular weight excluding hydrogens is 380 g/mol. The summed E-state index contributed by atoms with van der Waals surface area (Å²) in [5.74, 6) is 0. The van der Waals surface area contributed by atoms with Crippen molar-refractivity contribution in [2.75, 3.05) is 13.1 Å². The van der Waals surface area contributed by atoms with Crippen molar-refractivity contribution in [2.45, 2.75) is 52.1 Å². The van der Waals surface area contributed by atoms with Gasteiger partial charge in [0.15, 0.2) is 0 Å². The Morgan fingerprint density at radius 2 is 2.24 bits per heavy atom. The van der Waals surface area contributed by atoms with Gasteiger partial charge in [0.1, 0.15) is 4.83 Å². The molecule has 0 aliphatic heterocycles. The third-order valence-corrected chi connectivity index (χ3v) is 6.90. The van der Waals surface area contributed by atoms with Gasteiger partial charge < -0.3 is 0 Å². The highest BCUT2D eigenvalue weighted by Crippen LogP contribution is 2.35. The van der Waals surface area contributed by atoms with Gasteiger partial charge in [-0.15, -0.1) is 11.3 Å². The van der Waals surface area contributed by atoms with E-state index in [-0.39, 0.29) is 5.56 Å². The zero-order valence-electron chi connectivity index (χ0n) is 17.2. The minimum absolute atomic E-state index is 0.0937. The number of hydrogen-bond donors (Lipinski definition) is 0. The molecule has 0 saturated heterocycles. The molecule has 1 aliphatic carbocycles. The maximum atomic E-state index is 13.2. The number of pyridine rings is 1. The first-order chi connectivity index (χ1) is 14.1. The zero-order chi connectivity index (χ0) is 20.4. The van der Waals surface area contributed by atoms with E-state index in [9.17, 15) is 4.79 Å². The number of hydrogen-bond acceptors (Lipinski definition) is 5. The first-order valence-electron chi connectivity index (χ1n) is 10.3. The normalized spacial score (nSPS) is 16.3. The molecule has 4 rings (SSSR count). The second-order valence-corrected chi connectivity index (χ2v) is 9.00. The maximum Gasteiger partial charge on any atom is 0.262 e. The summed E-state index contributed by atoms with van der Waals surface area (Å²) in [6, 6.07) is 6.40. The van der Waals surface area contributed by atoms with Crippen molar-refractivity contribution in [3.8, 4) is 0 Å². The smallest absolute Gasteiger partial charge is 0.262 e. The quantitative estimate of drug-likeness (QED) is 0.557. The van der Waals surface area contributed by atoms with Crippen molar-refractivity contribution < 1.29 is 0 Å². The number of likely N-dealkylation sites (N-methyl/N-ethyl adjacent to an activating group) is 1. The van der Waals surface area contributed by atoms with Gasteiger partial charge in [-0.3, -0.25) is 19.2 Å². The van der Waals surface area contributed by atoms with E-state index in [1.165, 1.54) is 16.0 Å². The topological polar surface area (TPSA) is 51.0 Å². The number of aryl methyl sites for hydroxylation is 3. The molecule has 0 aromatic carbocycles. The summed E-state index contributed by atoms with van der Waals surface area (Å²) >= 11 is 1.70. The lowest BCUT2D eigenvalue weighted by Crippen LogP contribution is -2.39. The third kappa shape index (κ3) is 4.19. The summed E-state index contributed by atoms with van der Waals surface area (Å²) in [6.45, 7) is 11.0. The molecule has 0 bridgehead atoms. The SMILES string of the molecule is C=C(C)CN(CC)C1CCc2c(sc3ncn(CCc4ccccn4)c(=O)c23)C1. The number of aromatic nitrogens is 3. The Morgan fingerprint density at radius 3 is 2.97 bits per heavy atom. The summed E-state index contributed by atoms with van der Waals surface area (Å²) in [7, 11) is 0. The van der Waals surface area contributed by atoms with Crippen LogP contribution in [0.2, 0.25) is 0 Å². The Hall–Kier alpha value is -2.31. The fourth-order valence-electron chi connectivity index (χ4n) is 4.28.